The van der Waals surface area contributed by atoms with Gasteiger partial charge in [0.05, 0.1) is 5.57 Å². The van der Waals surface area contributed by atoms with Crippen LogP contribution in [-0.2, 0) is 14.3 Å². The molecule has 2 atom stereocenters. The highest BCUT2D eigenvalue weighted by molar-refractivity contribution is 6.09. The van der Waals surface area contributed by atoms with E-state index in [9.17, 15) is 14.7 Å². The smallest absolute Gasteiger partial charge is 0.370 e. The molecular formula is C9H9NO6. The molecule has 7 nitrogen and oxygen atoms in total. The van der Waals surface area contributed by atoms with Crippen molar-refractivity contribution in [2.45, 2.75) is 12.3 Å². The number of aliphatic hydroxyl groups is 1. The van der Waals surface area contributed by atoms with E-state index in [0.717, 1.165) is 12.3 Å². The second-order valence-corrected chi connectivity index (χ2v) is 2.93. The molecule has 0 fully saturated rings. The fourth-order valence-corrected chi connectivity index (χ4v) is 0.984. The molecule has 86 valence electrons. The van der Waals surface area contributed by atoms with Crippen LogP contribution >= 0.6 is 0 Å². The van der Waals surface area contributed by atoms with Crippen molar-refractivity contribution < 1.29 is 29.6 Å². The van der Waals surface area contributed by atoms with Crippen LogP contribution in [0.15, 0.2) is 29.0 Å². The molecule has 0 spiro atoms. The third-order valence-electron chi connectivity index (χ3n) is 1.77. The maximum absolute atomic E-state index is 10.6. The molecule has 0 bridgehead atoms. The number of hydrogen-bond donors (Lipinski definition) is 3. The lowest BCUT2D eigenvalue weighted by atomic mass is 10.1. The molecule has 16 heavy (non-hydrogen) atoms. The lowest BCUT2D eigenvalue weighted by Gasteiger charge is -2.21. The molecule has 0 aromatic heterocycles. The number of aliphatic hydroxyl groups excluding tert-OH is 1. The topological polar surface area (TPSA) is 116 Å². The van der Waals surface area contributed by atoms with Crippen LogP contribution in [0.5, 0.6) is 0 Å². The van der Waals surface area contributed by atoms with Crippen LogP contribution in [0, 0.1) is 0 Å². The van der Waals surface area contributed by atoms with Crippen LogP contribution in [0.3, 0.4) is 0 Å². The Morgan fingerprint density at radius 2 is 2.06 bits per heavy atom. The number of carboxylic acid groups (broad SMARTS) is 2. The average Bonchev–Trinajstić information content (AvgIpc) is 2.20. The number of hydrogen-bond acceptors (Lipinski definition) is 5. The number of aliphatic imine (C=N–C) groups is 1. The molecule has 0 unspecified atom stereocenters. The minimum atomic E-state index is -1.40. The van der Waals surface area contributed by atoms with Gasteiger partial charge >= 0.3 is 11.9 Å². The molecule has 0 saturated carbocycles. The van der Waals surface area contributed by atoms with E-state index < -0.39 is 30.0 Å². The van der Waals surface area contributed by atoms with Crippen LogP contribution < -0.4 is 0 Å². The first-order valence-corrected chi connectivity index (χ1v) is 4.17. The summed E-state index contributed by atoms with van der Waals surface area (Å²) in [6.07, 6.45) is -0.483. The lowest BCUT2D eigenvalue weighted by Crippen LogP contribution is -2.30. The molecule has 7 heteroatoms. The summed E-state index contributed by atoms with van der Waals surface area (Å²) in [5, 5.41) is 26.4. The first-order valence-electron chi connectivity index (χ1n) is 4.17. The highest BCUT2D eigenvalue weighted by Gasteiger charge is 2.25. The predicted molar refractivity (Wildman–Crippen MR) is 51.9 cm³/mol. The number of dihydropyridines is 1. The average molecular weight is 227 g/mol. The Labute approximate surface area is 90.0 Å². The Kier molecular flexibility index (Phi) is 3.41. The maximum Gasteiger partial charge on any atom is 0.370 e. The van der Waals surface area contributed by atoms with Gasteiger partial charge in [-0.1, -0.05) is 0 Å². The summed E-state index contributed by atoms with van der Waals surface area (Å²) < 4.78 is 4.75. The molecule has 0 saturated heterocycles. The van der Waals surface area contributed by atoms with Crippen molar-refractivity contribution in [1.82, 2.24) is 0 Å². The third kappa shape index (κ3) is 2.67. The second-order valence-electron chi connectivity index (χ2n) is 2.93. The largest absolute Gasteiger partial charge is 0.478 e. The molecular weight excluding hydrogens is 218 g/mol. The lowest BCUT2D eigenvalue weighted by molar-refractivity contribution is -0.138. The van der Waals surface area contributed by atoms with Gasteiger partial charge in [0.1, 0.15) is 0 Å². The van der Waals surface area contributed by atoms with Crippen LogP contribution in [0.4, 0.5) is 0 Å². The molecule has 0 radical (unpaired) electrons. The van der Waals surface area contributed by atoms with Crippen molar-refractivity contribution in [1.29, 1.82) is 0 Å². The van der Waals surface area contributed by atoms with E-state index in [-0.39, 0.29) is 5.57 Å². The number of nitrogens with zero attached hydrogens (tertiary/aromatic N) is 1. The van der Waals surface area contributed by atoms with E-state index in [0.29, 0.717) is 0 Å². The van der Waals surface area contributed by atoms with E-state index in [1.165, 1.54) is 0 Å². The van der Waals surface area contributed by atoms with Crippen molar-refractivity contribution in [2.24, 2.45) is 4.99 Å². The monoisotopic (exact) mass is 227 g/mol. The number of ether oxygens (including phenoxy) is 1. The van der Waals surface area contributed by atoms with Gasteiger partial charge in [-0.05, 0) is 12.7 Å². The zero-order chi connectivity index (χ0) is 12.3. The SMILES string of the molecule is C=C(O[C@@H]1C=C(C(=O)O)C=N[C@H]1O)C(=O)O. The summed E-state index contributed by atoms with van der Waals surface area (Å²) in [7, 11) is 0. The molecule has 3 N–H and O–H groups in total. The second kappa shape index (κ2) is 4.58. The van der Waals surface area contributed by atoms with Crippen molar-refractivity contribution in [3.8, 4) is 0 Å². The van der Waals surface area contributed by atoms with Gasteiger partial charge in [0.2, 0.25) is 0 Å². The number of aliphatic carboxylic acids is 2. The Morgan fingerprint density at radius 3 is 2.56 bits per heavy atom. The van der Waals surface area contributed by atoms with E-state index in [4.69, 9.17) is 14.9 Å². The first-order chi connectivity index (χ1) is 7.41. The molecule has 0 aliphatic carbocycles. The van der Waals surface area contributed by atoms with Crippen molar-refractivity contribution >= 4 is 18.2 Å². The summed E-state index contributed by atoms with van der Waals surface area (Å²) in [6.45, 7) is 3.09. The van der Waals surface area contributed by atoms with E-state index in [1.807, 2.05) is 0 Å². The molecule has 0 aromatic rings. The van der Waals surface area contributed by atoms with Gasteiger partial charge in [0.25, 0.3) is 0 Å². The van der Waals surface area contributed by atoms with E-state index in [1.54, 1.807) is 0 Å². The van der Waals surface area contributed by atoms with Crippen LogP contribution in [0.25, 0.3) is 0 Å². The third-order valence-corrected chi connectivity index (χ3v) is 1.77. The van der Waals surface area contributed by atoms with Crippen LogP contribution in [0.1, 0.15) is 0 Å². The molecule has 1 aliphatic rings. The summed E-state index contributed by atoms with van der Waals surface area (Å²) in [5.41, 5.74) is -0.187. The quantitative estimate of drug-likeness (QED) is 0.435. The zero-order valence-corrected chi connectivity index (χ0v) is 8.03. The number of rotatable bonds is 4. The normalized spacial score (nSPS) is 23.4. The van der Waals surface area contributed by atoms with Crippen molar-refractivity contribution in [3.63, 3.8) is 0 Å². The molecule has 0 aromatic carbocycles. The molecule has 1 aliphatic heterocycles. The standard InChI is InChI=1S/C9H9NO6/c1-4(8(12)13)16-6-2-5(9(14)15)3-10-7(6)11/h2-3,6-7,11H,1H2,(H,12,13)(H,14,15)/t6-,7+/m1/s1. The van der Waals surface area contributed by atoms with Crippen molar-refractivity contribution in [3.05, 3.63) is 24.0 Å². The summed E-state index contributed by atoms with van der Waals surface area (Å²) in [5.74, 6) is -3.24. The Hall–Kier alpha value is -2.15. The Bertz CT molecular complexity index is 397. The number of carboxylic acids is 2. The highest BCUT2D eigenvalue weighted by Crippen LogP contribution is 2.14. The van der Waals surface area contributed by atoms with Gasteiger partial charge in [-0.15, -0.1) is 0 Å². The number of carbonyl (C=O) groups is 2. The Morgan fingerprint density at radius 1 is 1.44 bits per heavy atom. The predicted octanol–water partition coefficient (Wildman–Crippen LogP) is -0.616. The van der Waals surface area contributed by atoms with Gasteiger partial charge in [0.15, 0.2) is 18.1 Å². The Balaban J connectivity index is 2.80. The van der Waals surface area contributed by atoms with Gasteiger partial charge in [0, 0.05) is 6.21 Å². The summed E-state index contributed by atoms with van der Waals surface area (Å²) in [6, 6.07) is 0. The van der Waals surface area contributed by atoms with Crippen LogP contribution in [0.2, 0.25) is 0 Å². The fourth-order valence-electron chi connectivity index (χ4n) is 0.984. The minimum absolute atomic E-state index is 0.187. The van der Waals surface area contributed by atoms with Crippen molar-refractivity contribution in [2.75, 3.05) is 0 Å². The van der Waals surface area contributed by atoms with Crippen LogP contribution in [-0.4, -0.2) is 45.8 Å². The molecule has 1 rings (SSSR count). The molecule has 1 heterocycles. The minimum Gasteiger partial charge on any atom is -0.478 e. The van der Waals surface area contributed by atoms with Gasteiger partial charge in [-0.25, -0.2) is 9.59 Å². The fraction of sp³-hybridized carbons (Fsp3) is 0.222. The summed E-state index contributed by atoms with van der Waals surface area (Å²) in [4.78, 5) is 24.5. The van der Waals surface area contributed by atoms with Gasteiger partial charge < -0.3 is 20.1 Å². The van der Waals surface area contributed by atoms with Gasteiger partial charge in [-0.2, -0.15) is 0 Å². The van der Waals surface area contributed by atoms with Gasteiger partial charge in [-0.3, -0.25) is 4.99 Å². The maximum atomic E-state index is 10.6. The van der Waals surface area contributed by atoms with E-state index >= 15 is 0 Å². The van der Waals surface area contributed by atoms with E-state index in [2.05, 4.69) is 11.6 Å². The summed E-state index contributed by atoms with van der Waals surface area (Å²) >= 11 is 0. The zero-order valence-electron chi connectivity index (χ0n) is 8.03. The molecule has 0 amide bonds. The first kappa shape index (κ1) is 11.9. The highest BCUT2D eigenvalue weighted by atomic mass is 16.5.